The second-order valence-electron chi connectivity index (χ2n) is 6.78. The van der Waals surface area contributed by atoms with Crippen LogP contribution in [0, 0.1) is 12.8 Å². The predicted octanol–water partition coefficient (Wildman–Crippen LogP) is 3.62. The van der Waals surface area contributed by atoms with Gasteiger partial charge in [0.05, 0.1) is 5.69 Å². The van der Waals surface area contributed by atoms with Gasteiger partial charge in [0.2, 0.25) is 0 Å². The Hall–Kier alpha value is -2.88. The number of nitrogens with one attached hydrogen (secondary N) is 1. The maximum Gasteiger partial charge on any atom is 0.586 e. The van der Waals surface area contributed by atoms with E-state index in [-0.39, 0.29) is 33.8 Å². The lowest BCUT2D eigenvalue weighted by atomic mass is 10.2. The first kappa shape index (κ1) is 20.8. The number of hydrogen-bond donors (Lipinski definition) is 1. The normalized spacial score (nSPS) is 14.2. The van der Waals surface area contributed by atoms with Crippen LogP contribution in [0.1, 0.15) is 29.9 Å². The lowest BCUT2D eigenvalue weighted by molar-refractivity contribution is -0.286. The van der Waals surface area contributed by atoms with Crippen LogP contribution >= 0.6 is 11.6 Å². The van der Waals surface area contributed by atoms with Crippen LogP contribution in [0.25, 0.3) is 0 Å². The number of alkyl halides is 2. The Bertz CT molecular complexity index is 961. The summed E-state index contributed by atoms with van der Waals surface area (Å²) in [7, 11) is 0. The molecule has 1 aliphatic rings. The van der Waals surface area contributed by atoms with Gasteiger partial charge in [0, 0.05) is 18.3 Å². The van der Waals surface area contributed by atoms with E-state index < -0.39 is 24.8 Å². The van der Waals surface area contributed by atoms with Gasteiger partial charge in [-0.1, -0.05) is 25.4 Å². The van der Waals surface area contributed by atoms with Gasteiger partial charge in [-0.3, -0.25) is 9.48 Å². The van der Waals surface area contributed by atoms with Crippen molar-refractivity contribution in [2.24, 2.45) is 5.92 Å². The molecule has 8 nitrogen and oxygen atoms in total. The molecule has 0 saturated carbocycles. The van der Waals surface area contributed by atoms with Gasteiger partial charge in [-0.2, -0.15) is 5.10 Å². The summed E-state index contributed by atoms with van der Waals surface area (Å²) in [5.74, 6) is -1.56. The van der Waals surface area contributed by atoms with E-state index in [2.05, 4.69) is 19.9 Å². The zero-order chi connectivity index (χ0) is 21.3. The van der Waals surface area contributed by atoms with Crippen molar-refractivity contribution < 1.29 is 32.6 Å². The molecule has 0 radical (unpaired) electrons. The summed E-state index contributed by atoms with van der Waals surface area (Å²) in [5, 5.41) is 6.76. The van der Waals surface area contributed by atoms with Gasteiger partial charge in [-0.15, -0.1) is 8.78 Å². The van der Waals surface area contributed by atoms with Crippen LogP contribution in [-0.4, -0.2) is 34.6 Å². The number of nitrogens with zero attached hydrogens (tertiary/aromatic N) is 2. The number of benzene rings is 1. The highest BCUT2D eigenvalue weighted by Gasteiger charge is 2.43. The average molecular weight is 430 g/mol. The molecule has 1 aliphatic heterocycles. The monoisotopic (exact) mass is 429 g/mol. The molecule has 0 unspecified atom stereocenters. The van der Waals surface area contributed by atoms with Crippen molar-refractivity contribution >= 4 is 29.2 Å². The zero-order valence-electron chi connectivity index (χ0n) is 15.8. The molecule has 0 saturated heterocycles. The van der Waals surface area contributed by atoms with Crippen molar-refractivity contribution in [2.45, 2.75) is 33.6 Å². The summed E-state index contributed by atoms with van der Waals surface area (Å²) in [6.07, 6.45) is -3.75. The van der Waals surface area contributed by atoms with E-state index >= 15 is 0 Å². The molecule has 2 heterocycles. The number of carbonyl (C=O) groups excluding carboxylic acids is 2. The fourth-order valence-electron chi connectivity index (χ4n) is 2.68. The summed E-state index contributed by atoms with van der Waals surface area (Å²) in [6, 6.07) is 3.75. The smallest absolute Gasteiger partial charge is 0.452 e. The summed E-state index contributed by atoms with van der Waals surface area (Å²) in [4.78, 5) is 24.3. The molecule has 1 amide bonds. The lowest BCUT2D eigenvalue weighted by Gasteiger charge is -2.08. The molecule has 2 aromatic rings. The van der Waals surface area contributed by atoms with Crippen LogP contribution in [0.2, 0.25) is 5.15 Å². The highest BCUT2D eigenvalue weighted by atomic mass is 35.5. The maximum absolute atomic E-state index is 13.0. The Labute approximate surface area is 169 Å². The maximum atomic E-state index is 13.0. The number of ether oxygens (including phenoxy) is 3. The first-order valence-corrected chi connectivity index (χ1v) is 9.03. The first-order chi connectivity index (χ1) is 13.6. The molecule has 1 aromatic carbocycles. The number of fused-ring (bicyclic) bond motifs is 1. The van der Waals surface area contributed by atoms with Gasteiger partial charge >= 0.3 is 12.3 Å². The Kier molecular flexibility index (Phi) is 5.65. The Morgan fingerprint density at radius 1 is 1.31 bits per heavy atom. The van der Waals surface area contributed by atoms with E-state index in [9.17, 15) is 18.4 Å². The van der Waals surface area contributed by atoms with E-state index in [1.807, 2.05) is 13.8 Å². The third-order valence-electron chi connectivity index (χ3n) is 3.83. The quantitative estimate of drug-likeness (QED) is 0.705. The number of anilines is 1. The van der Waals surface area contributed by atoms with Crippen LogP contribution in [0.5, 0.6) is 11.5 Å². The summed E-state index contributed by atoms with van der Waals surface area (Å²) < 4.78 is 41.2. The molecular weight excluding hydrogens is 412 g/mol. The van der Waals surface area contributed by atoms with Crippen molar-refractivity contribution in [1.29, 1.82) is 0 Å². The Morgan fingerprint density at radius 3 is 2.69 bits per heavy atom. The number of hydrogen-bond acceptors (Lipinski definition) is 6. The molecule has 1 N–H and O–H groups in total. The van der Waals surface area contributed by atoms with Crippen LogP contribution in [0.15, 0.2) is 18.2 Å². The number of esters is 1. The Balaban J connectivity index is 1.59. The van der Waals surface area contributed by atoms with Crippen LogP contribution in [0.3, 0.4) is 0 Å². The average Bonchev–Trinajstić information content (AvgIpc) is 3.06. The second kappa shape index (κ2) is 7.86. The van der Waals surface area contributed by atoms with E-state index in [1.54, 1.807) is 6.92 Å². The molecule has 0 spiro atoms. The summed E-state index contributed by atoms with van der Waals surface area (Å²) >= 11 is 6.20. The minimum atomic E-state index is -3.75. The van der Waals surface area contributed by atoms with Gasteiger partial charge in [0.25, 0.3) is 5.91 Å². The Morgan fingerprint density at radius 2 is 2.00 bits per heavy atom. The molecule has 0 fully saturated rings. The highest BCUT2D eigenvalue weighted by molar-refractivity contribution is 6.32. The zero-order valence-corrected chi connectivity index (χ0v) is 16.5. The van der Waals surface area contributed by atoms with Crippen LogP contribution < -0.4 is 14.8 Å². The number of aryl methyl sites for hydroxylation is 1. The first-order valence-electron chi connectivity index (χ1n) is 8.65. The minimum absolute atomic E-state index is 0.0884. The fraction of sp³-hybridized carbons (Fsp3) is 0.389. The molecular formula is C18H18ClF2N3O5. The number of halogens is 3. The van der Waals surface area contributed by atoms with Crippen molar-refractivity contribution in [3.05, 3.63) is 34.6 Å². The predicted molar refractivity (Wildman–Crippen MR) is 98.4 cm³/mol. The van der Waals surface area contributed by atoms with Gasteiger partial charge in [-0.05, 0) is 25.0 Å². The van der Waals surface area contributed by atoms with Gasteiger partial charge in [0.15, 0.2) is 18.1 Å². The molecule has 3 rings (SSSR count). The van der Waals surface area contributed by atoms with Gasteiger partial charge < -0.3 is 19.5 Å². The molecule has 0 atom stereocenters. The van der Waals surface area contributed by atoms with Crippen LogP contribution in [0.4, 0.5) is 14.5 Å². The lowest BCUT2D eigenvalue weighted by Crippen LogP contribution is -2.25. The van der Waals surface area contributed by atoms with Crippen molar-refractivity contribution in [3.63, 3.8) is 0 Å². The number of carbonyl (C=O) groups is 2. The molecule has 0 bridgehead atoms. The van der Waals surface area contributed by atoms with Crippen molar-refractivity contribution in [1.82, 2.24) is 9.78 Å². The molecule has 156 valence electrons. The molecule has 11 heteroatoms. The number of rotatable bonds is 6. The third-order valence-corrected chi connectivity index (χ3v) is 4.21. The van der Waals surface area contributed by atoms with Gasteiger partial charge in [0.1, 0.15) is 10.7 Å². The topological polar surface area (TPSA) is 91.7 Å². The van der Waals surface area contributed by atoms with E-state index in [0.717, 1.165) is 0 Å². The highest BCUT2D eigenvalue weighted by Crippen LogP contribution is 2.42. The summed E-state index contributed by atoms with van der Waals surface area (Å²) in [6.45, 7) is 5.49. The van der Waals surface area contributed by atoms with Crippen molar-refractivity contribution in [3.8, 4) is 11.5 Å². The van der Waals surface area contributed by atoms with Crippen LogP contribution in [-0.2, 0) is 16.1 Å². The molecule has 0 aliphatic carbocycles. The fourth-order valence-corrected chi connectivity index (χ4v) is 3.00. The van der Waals surface area contributed by atoms with Crippen molar-refractivity contribution in [2.75, 3.05) is 11.9 Å². The van der Waals surface area contributed by atoms with Gasteiger partial charge in [-0.25, -0.2) is 4.79 Å². The largest absolute Gasteiger partial charge is 0.586 e. The molecule has 29 heavy (non-hydrogen) atoms. The second-order valence-corrected chi connectivity index (χ2v) is 7.14. The minimum Gasteiger partial charge on any atom is -0.452 e. The van der Waals surface area contributed by atoms with E-state index in [1.165, 1.54) is 22.9 Å². The van der Waals surface area contributed by atoms with E-state index in [4.69, 9.17) is 16.3 Å². The number of amides is 1. The number of aromatic nitrogens is 2. The summed E-state index contributed by atoms with van der Waals surface area (Å²) in [5.41, 5.74) is 0.647. The van der Waals surface area contributed by atoms with E-state index in [0.29, 0.717) is 12.2 Å². The molecule has 1 aromatic heterocycles. The standard InChI is InChI=1S/C18H18ClF2N3O5/c1-9(2)7-24-16(19)15(10(3)23-24)17(26)27-8-14(25)22-11-4-5-12-13(6-11)29-18(20,21)28-12/h4-6,9H,7-8H2,1-3H3,(H,22,25). The third kappa shape index (κ3) is 4.76. The SMILES string of the molecule is Cc1nn(CC(C)C)c(Cl)c1C(=O)OCC(=O)Nc1ccc2c(c1)OC(F)(F)O2.